The standard InChI is InChI=1S/C16H14ClN5O2/c1-24-15-6-5-12(17)7-11(15)8-16(23)19-13-3-2-4-14(9-13)22-10-18-20-21-22/h2-7,9-10H,8H2,1H3,(H,19,23). The van der Waals surface area contributed by atoms with Crippen LogP contribution in [0, 0.1) is 0 Å². The monoisotopic (exact) mass is 343 g/mol. The van der Waals surface area contributed by atoms with Crippen molar-refractivity contribution in [1.82, 2.24) is 20.2 Å². The minimum atomic E-state index is -0.176. The van der Waals surface area contributed by atoms with Crippen molar-refractivity contribution in [1.29, 1.82) is 0 Å². The zero-order chi connectivity index (χ0) is 16.9. The molecule has 7 nitrogen and oxygen atoms in total. The molecule has 0 unspecified atom stereocenters. The number of halogens is 1. The number of nitrogens with one attached hydrogen (secondary N) is 1. The van der Waals surface area contributed by atoms with Gasteiger partial charge in [-0.3, -0.25) is 4.79 Å². The summed E-state index contributed by atoms with van der Waals surface area (Å²) < 4.78 is 6.76. The number of rotatable bonds is 5. The Morgan fingerprint density at radius 2 is 2.17 bits per heavy atom. The highest BCUT2D eigenvalue weighted by molar-refractivity contribution is 6.30. The molecule has 122 valence electrons. The van der Waals surface area contributed by atoms with Gasteiger partial charge in [-0.25, -0.2) is 4.68 Å². The first kappa shape index (κ1) is 15.9. The predicted octanol–water partition coefficient (Wildman–Crippen LogP) is 2.51. The van der Waals surface area contributed by atoms with E-state index in [0.29, 0.717) is 16.5 Å². The number of aromatic nitrogens is 4. The summed E-state index contributed by atoms with van der Waals surface area (Å²) in [5.74, 6) is 0.446. The molecular weight excluding hydrogens is 330 g/mol. The number of nitrogens with zero attached hydrogens (tertiary/aromatic N) is 4. The lowest BCUT2D eigenvalue weighted by Crippen LogP contribution is -2.15. The van der Waals surface area contributed by atoms with Crippen LogP contribution >= 0.6 is 11.6 Å². The van der Waals surface area contributed by atoms with Crippen LogP contribution in [0.5, 0.6) is 5.75 Å². The van der Waals surface area contributed by atoms with Gasteiger partial charge >= 0.3 is 0 Å². The van der Waals surface area contributed by atoms with Crippen LogP contribution in [0.15, 0.2) is 48.8 Å². The third-order valence-electron chi connectivity index (χ3n) is 3.34. The van der Waals surface area contributed by atoms with E-state index in [2.05, 4.69) is 20.8 Å². The van der Waals surface area contributed by atoms with Crippen LogP contribution in [-0.4, -0.2) is 33.2 Å². The second-order valence-electron chi connectivity index (χ2n) is 4.99. The van der Waals surface area contributed by atoms with Gasteiger partial charge in [-0.1, -0.05) is 17.7 Å². The molecule has 0 aliphatic heterocycles. The van der Waals surface area contributed by atoms with Crippen LogP contribution in [0.1, 0.15) is 5.56 Å². The third-order valence-corrected chi connectivity index (χ3v) is 3.57. The molecule has 0 saturated heterocycles. The smallest absolute Gasteiger partial charge is 0.228 e. The van der Waals surface area contributed by atoms with Crippen molar-refractivity contribution in [2.75, 3.05) is 12.4 Å². The van der Waals surface area contributed by atoms with Gasteiger partial charge in [-0.05, 0) is 46.8 Å². The van der Waals surface area contributed by atoms with Crippen molar-refractivity contribution >= 4 is 23.2 Å². The molecule has 0 bridgehead atoms. The number of carbonyl (C=O) groups is 1. The van der Waals surface area contributed by atoms with E-state index in [4.69, 9.17) is 16.3 Å². The lowest BCUT2D eigenvalue weighted by atomic mass is 10.1. The first-order valence-electron chi connectivity index (χ1n) is 7.11. The highest BCUT2D eigenvalue weighted by atomic mass is 35.5. The van der Waals surface area contributed by atoms with E-state index in [9.17, 15) is 4.79 Å². The summed E-state index contributed by atoms with van der Waals surface area (Å²) in [6, 6.07) is 12.4. The Labute approximate surface area is 143 Å². The Morgan fingerprint density at radius 3 is 2.92 bits per heavy atom. The van der Waals surface area contributed by atoms with Crippen molar-refractivity contribution in [3.8, 4) is 11.4 Å². The summed E-state index contributed by atoms with van der Waals surface area (Å²) in [4.78, 5) is 12.3. The number of hydrogen-bond donors (Lipinski definition) is 1. The summed E-state index contributed by atoms with van der Waals surface area (Å²) >= 11 is 5.99. The highest BCUT2D eigenvalue weighted by Gasteiger charge is 2.10. The zero-order valence-corrected chi connectivity index (χ0v) is 13.6. The van der Waals surface area contributed by atoms with Crippen LogP contribution < -0.4 is 10.1 Å². The number of amides is 1. The number of benzene rings is 2. The molecule has 0 aliphatic carbocycles. The zero-order valence-electron chi connectivity index (χ0n) is 12.8. The van der Waals surface area contributed by atoms with E-state index in [1.807, 2.05) is 12.1 Å². The Hall–Kier alpha value is -2.93. The quantitative estimate of drug-likeness (QED) is 0.769. The van der Waals surface area contributed by atoms with Gasteiger partial charge < -0.3 is 10.1 Å². The van der Waals surface area contributed by atoms with Crippen LogP contribution in [0.2, 0.25) is 5.02 Å². The summed E-state index contributed by atoms with van der Waals surface area (Å²) in [5, 5.41) is 14.4. The molecule has 1 aromatic heterocycles. The first-order chi connectivity index (χ1) is 11.7. The van der Waals surface area contributed by atoms with Crippen LogP contribution in [0.25, 0.3) is 5.69 Å². The van der Waals surface area contributed by atoms with Crippen molar-refractivity contribution in [2.45, 2.75) is 6.42 Å². The maximum Gasteiger partial charge on any atom is 0.228 e. The van der Waals surface area contributed by atoms with E-state index in [0.717, 1.165) is 11.3 Å². The first-order valence-corrected chi connectivity index (χ1v) is 7.49. The molecular formula is C16H14ClN5O2. The molecule has 24 heavy (non-hydrogen) atoms. The SMILES string of the molecule is COc1ccc(Cl)cc1CC(=O)Nc1cccc(-n2cnnn2)c1. The number of tetrazole rings is 1. The fourth-order valence-electron chi connectivity index (χ4n) is 2.27. The van der Waals surface area contributed by atoms with Crippen molar-refractivity contribution < 1.29 is 9.53 Å². The van der Waals surface area contributed by atoms with Crippen LogP contribution in [0.3, 0.4) is 0 Å². The molecule has 0 radical (unpaired) electrons. The molecule has 1 heterocycles. The largest absolute Gasteiger partial charge is 0.496 e. The summed E-state index contributed by atoms with van der Waals surface area (Å²) in [6.45, 7) is 0. The fraction of sp³-hybridized carbons (Fsp3) is 0.125. The number of hydrogen-bond acceptors (Lipinski definition) is 5. The van der Waals surface area contributed by atoms with E-state index in [1.54, 1.807) is 37.4 Å². The minimum Gasteiger partial charge on any atom is -0.496 e. The second-order valence-corrected chi connectivity index (χ2v) is 5.42. The lowest BCUT2D eigenvalue weighted by molar-refractivity contribution is -0.115. The van der Waals surface area contributed by atoms with Gasteiger partial charge in [0.15, 0.2) is 0 Å². The van der Waals surface area contributed by atoms with Gasteiger partial charge in [-0.15, -0.1) is 5.10 Å². The van der Waals surface area contributed by atoms with Crippen molar-refractivity contribution in [3.63, 3.8) is 0 Å². The molecule has 1 amide bonds. The van der Waals surface area contributed by atoms with Crippen molar-refractivity contribution in [2.24, 2.45) is 0 Å². The Balaban J connectivity index is 1.74. The average Bonchev–Trinajstić information content (AvgIpc) is 3.10. The molecule has 1 N–H and O–H groups in total. The summed E-state index contributed by atoms with van der Waals surface area (Å²) in [5.41, 5.74) is 2.12. The molecule has 0 saturated carbocycles. The number of ether oxygens (including phenoxy) is 1. The lowest BCUT2D eigenvalue weighted by Gasteiger charge is -2.10. The maximum absolute atomic E-state index is 12.3. The summed E-state index contributed by atoms with van der Waals surface area (Å²) in [7, 11) is 1.56. The third kappa shape index (κ3) is 3.69. The Bertz CT molecular complexity index is 851. The average molecular weight is 344 g/mol. The topological polar surface area (TPSA) is 81.9 Å². The minimum absolute atomic E-state index is 0.152. The van der Waals surface area contributed by atoms with Gasteiger partial charge in [-0.2, -0.15) is 0 Å². The van der Waals surface area contributed by atoms with Crippen LogP contribution in [0.4, 0.5) is 5.69 Å². The van der Waals surface area contributed by atoms with Gasteiger partial charge in [0.2, 0.25) is 5.91 Å². The van der Waals surface area contributed by atoms with E-state index in [-0.39, 0.29) is 12.3 Å². The highest BCUT2D eigenvalue weighted by Crippen LogP contribution is 2.23. The van der Waals surface area contributed by atoms with Gasteiger partial charge in [0, 0.05) is 16.3 Å². The second kappa shape index (κ2) is 7.10. The van der Waals surface area contributed by atoms with Crippen LogP contribution in [-0.2, 0) is 11.2 Å². The van der Waals surface area contributed by atoms with E-state index < -0.39 is 0 Å². The van der Waals surface area contributed by atoms with E-state index >= 15 is 0 Å². The number of carbonyl (C=O) groups excluding carboxylic acids is 1. The number of anilines is 1. The Morgan fingerprint density at radius 1 is 1.29 bits per heavy atom. The van der Waals surface area contributed by atoms with E-state index in [1.165, 1.54) is 11.0 Å². The van der Waals surface area contributed by atoms with Gasteiger partial charge in [0.25, 0.3) is 0 Å². The fourth-order valence-corrected chi connectivity index (χ4v) is 2.46. The number of methoxy groups -OCH3 is 1. The molecule has 8 heteroatoms. The molecule has 0 fully saturated rings. The Kier molecular flexibility index (Phi) is 4.72. The molecule has 0 atom stereocenters. The predicted molar refractivity (Wildman–Crippen MR) is 89.5 cm³/mol. The molecule has 3 aromatic rings. The van der Waals surface area contributed by atoms with Gasteiger partial charge in [0.1, 0.15) is 12.1 Å². The molecule has 2 aromatic carbocycles. The molecule has 0 spiro atoms. The molecule has 0 aliphatic rings. The molecule has 3 rings (SSSR count). The van der Waals surface area contributed by atoms with Gasteiger partial charge in [0.05, 0.1) is 19.2 Å². The normalized spacial score (nSPS) is 10.4. The van der Waals surface area contributed by atoms with Crippen molar-refractivity contribution in [3.05, 3.63) is 59.4 Å². The summed E-state index contributed by atoms with van der Waals surface area (Å²) in [6.07, 6.45) is 1.64. The maximum atomic E-state index is 12.3.